The SMILES string of the molecule is C/C=C/C(=O)N=C1SCC(c2ccccc2)N1c1ccc(I)cc1. The average Bonchev–Trinajstić information content (AvgIpc) is 3.00. The van der Waals surface area contributed by atoms with E-state index >= 15 is 0 Å². The first-order valence-corrected chi connectivity index (χ1v) is 9.73. The summed E-state index contributed by atoms with van der Waals surface area (Å²) in [4.78, 5) is 18.4. The van der Waals surface area contributed by atoms with Crippen LogP contribution in [0, 0.1) is 3.57 Å². The molecule has 0 saturated carbocycles. The van der Waals surface area contributed by atoms with Crippen molar-refractivity contribution in [3.8, 4) is 0 Å². The lowest BCUT2D eigenvalue weighted by Crippen LogP contribution is -2.28. The Morgan fingerprint density at radius 1 is 1.21 bits per heavy atom. The fraction of sp³-hybridized carbons (Fsp3) is 0.158. The molecule has 1 saturated heterocycles. The van der Waals surface area contributed by atoms with Gasteiger partial charge in [-0.25, -0.2) is 0 Å². The number of aliphatic imine (C=N–C) groups is 1. The fourth-order valence-electron chi connectivity index (χ4n) is 2.60. The number of anilines is 1. The summed E-state index contributed by atoms with van der Waals surface area (Å²) < 4.78 is 1.18. The number of hydrogen-bond acceptors (Lipinski definition) is 2. The van der Waals surface area contributed by atoms with Crippen molar-refractivity contribution < 1.29 is 4.79 Å². The van der Waals surface area contributed by atoms with Crippen molar-refractivity contribution in [1.82, 2.24) is 0 Å². The van der Waals surface area contributed by atoms with Gasteiger partial charge in [0.1, 0.15) is 0 Å². The van der Waals surface area contributed by atoms with Gasteiger partial charge in [0.15, 0.2) is 5.17 Å². The zero-order valence-electron chi connectivity index (χ0n) is 13.2. The monoisotopic (exact) mass is 448 g/mol. The van der Waals surface area contributed by atoms with Gasteiger partial charge in [-0.1, -0.05) is 48.2 Å². The minimum atomic E-state index is -0.218. The topological polar surface area (TPSA) is 32.7 Å². The highest BCUT2D eigenvalue weighted by molar-refractivity contribution is 14.1. The molecule has 0 spiro atoms. The highest BCUT2D eigenvalue weighted by Gasteiger charge is 2.33. The van der Waals surface area contributed by atoms with Gasteiger partial charge in [-0.15, -0.1) is 0 Å². The van der Waals surface area contributed by atoms with E-state index in [0.29, 0.717) is 0 Å². The van der Waals surface area contributed by atoms with E-state index in [9.17, 15) is 4.79 Å². The van der Waals surface area contributed by atoms with Crippen LogP contribution in [0.5, 0.6) is 0 Å². The lowest BCUT2D eigenvalue weighted by Gasteiger charge is -2.26. The normalized spacial score (nSPS) is 19.3. The molecule has 5 heteroatoms. The predicted molar refractivity (Wildman–Crippen MR) is 111 cm³/mol. The van der Waals surface area contributed by atoms with Crippen LogP contribution in [-0.2, 0) is 4.79 Å². The van der Waals surface area contributed by atoms with Crippen molar-refractivity contribution in [2.75, 3.05) is 10.7 Å². The Morgan fingerprint density at radius 3 is 2.58 bits per heavy atom. The number of amides is 1. The molecule has 2 aromatic carbocycles. The first kappa shape index (κ1) is 17.2. The molecule has 1 fully saturated rings. The van der Waals surface area contributed by atoms with E-state index in [1.54, 1.807) is 17.8 Å². The van der Waals surface area contributed by atoms with Crippen molar-refractivity contribution >= 4 is 51.1 Å². The Bertz CT molecular complexity index is 772. The minimum Gasteiger partial charge on any atom is -0.312 e. The van der Waals surface area contributed by atoms with Crippen LogP contribution in [0.2, 0.25) is 0 Å². The van der Waals surface area contributed by atoms with Crippen LogP contribution in [-0.4, -0.2) is 16.8 Å². The molecule has 1 aliphatic heterocycles. The molecule has 0 N–H and O–H groups in total. The van der Waals surface area contributed by atoms with Gasteiger partial charge in [-0.3, -0.25) is 4.79 Å². The van der Waals surface area contributed by atoms with Gasteiger partial charge in [0.25, 0.3) is 5.91 Å². The maximum absolute atomic E-state index is 12.0. The Morgan fingerprint density at radius 2 is 1.92 bits per heavy atom. The van der Waals surface area contributed by atoms with Crippen LogP contribution in [0.3, 0.4) is 0 Å². The van der Waals surface area contributed by atoms with Crippen LogP contribution >= 0.6 is 34.4 Å². The molecule has 1 heterocycles. The molecule has 1 aliphatic rings. The molecule has 1 amide bonds. The highest BCUT2D eigenvalue weighted by atomic mass is 127. The smallest absolute Gasteiger partial charge is 0.271 e. The van der Waals surface area contributed by atoms with E-state index < -0.39 is 0 Å². The zero-order valence-corrected chi connectivity index (χ0v) is 16.2. The molecule has 2 aromatic rings. The van der Waals surface area contributed by atoms with E-state index in [4.69, 9.17) is 0 Å². The van der Waals surface area contributed by atoms with E-state index in [1.807, 2.05) is 25.1 Å². The Kier molecular flexibility index (Phi) is 5.73. The summed E-state index contributed by atoms with van der Waals surface area (Å²) in [6, 6.07) is 18.9. The van der Waals surface area contributed by atoms with Gasteiger partial charge in [0.2, 0.25) is 0 Å². The number of carbonyl (C=O) groups excluding carboxylic acids is 1. The summed E-state index contributed by atoms with van der Waals surface area (Å²) in [5.41, 5.74) is 2.29. The number of benzene rings is 2. The van der Waals surface area contributed by atoms with E-state index in [1.165, 1.54) is 15.2 Å². The molecular weight excluding hydrogens is 431 g/mol. The Labute approximate surface area is 160 Å². The van der Waals surface area contributed by atoms with E-state index in [-0.39, 0.29) is 11.9 Å². The average molecular weight is 448 g/mol. The lowest BCUT2D eigenvalue weighted by atomic mass is 10.1. The molecule has 122 valence electrons. The molecule has 0 aliphatic carbocycles. The molecule has 3 rings (SSSR count). The van der Waals surface area contributed by atoms with Crippen LogP contribution < -0.4 is 4.90 Å². The van der Waals surface area contributed by atoms with Gasteiger partial charge in [0, 0.05) is 21.1 Å². The molecule has 24 heavy (non-hydrogen) atoms. The second kappa shape index (κ2) is 7.98. The summed E-state index contributed by atoms with van der Waals surface area (Å²) in [6.45, 7) is 1.82. The van der Waals surface area contributed by atoms with Gasteiger partial charge >= 0.3 is 0 Å². The number of halogens is 1. The van der Waals surface area contributed by atoms with Crippen molar-refractivity contribution in [2.45, 2.75) is 13.0 Å². The molecular formula is C19H17IN2OS. The summed E-state index contributed by atoms with van der Waals surface area (Å²) in [7, 11) is 0. The molecule has 3 nitrogen and oxygen atoms in total. The van der Waals surface area contributed by atoms with Crippen molar-refractivity contribution in [3.05, 3.63) is 75.9 Å². The van der Waals surface area contributed by atoms with Crippen LogP contribution in [0.25, 0.3) is 0 Å². The third-order valence-electron chi connectivity index (χ3n) is 3.69. The third-order valence-corrected chi connectivity index (χ3v) is 5.44. The quantitative estimate of drug-likeness (QED) is 0.487. The number of allylic oxidation sites excluding steroid dienone is 1. The number of nitrogens with zero attached hydrogens (tertiary/aromatic N) is 2. The molecule has 0 radical (unpaired) electrons. The number of hydrogen-bond donors (Lipinski definition) is 0. The third kappa shape index (κ3) is 3.89. The van der Waals surface area contributed by atoms with Crippen molar-refractivity contribution in [2.24, 2.45) is 4.99 Å². The molecule has 0 bridgehead atoms. The summed E-state index contributed by atoms with van der Waals surface area (Å²) in [5.74, 6) is 0.655. The van der Waals surface area contributed by atoms with Gasteiger partial charge in [0.05, 0.1) is 6.04 Å². The van der Waals surface area contributed by atoms with Crippen LogP contribution in [0.4, 0.5) is 5.69 Å². The van der Waals surface area contributed by atoms with Crippen molar-refractivity contribution in [3.63, 3.8) is 0 Å². The maximum atomic E-state index is 12.0. The highest BCUT2D eigenvalue weighted by Crippen LogP contribution is 2.39. The van der Waals surface area contributed by atoms with Crippen LogP contribution in [0.15, 0.2) is 71.7 Å². The summed E-state index contributed by atoms with van der Waals surface area (Å²) in [5, 5.41) is 0.758. The second-order valence-electron chi connectivity index (χ2n) is 5.32. The largest absolute Gasteiger partial charge is 0.312 e. The van der Waals surface area contributed by atoms with E-state index in [2.05, 4.69) is 68.9 Å². The number of amidine groups is 1. The molecule has 0 aromatic heterocycles. The minimum absolute atomic E-state index is 0.174. The molecule has 1 unspecified atom stereocenters. The number of carbonyl (C=O) groups is 1. The lowest BCUT2D eigenvalue weighted by molar-refractivity contribution is -0.113. The van der Waals surface area contributed by atoms with Gasteiger partial charge in [-0.05, 0) is 59.3 Å². The predicted octanol–water partition coefficient (Wildman–Crippen LogP) is 5.04. The zero-order chi connectivity index (χ0) is 16.9. The Balaban J connectivity index is 2.01. The number of rotatable bonds is 3. The first-order chi connectivity index (χ1) is 11.7. The fourth-order valence-corrected chi connectivity index (χ4v) is 4.14. The van der Waals surface area contributed by atoms with Gasteiger partial charge < -0.3 is 4.90 Å². The Hall–Kier alpha value is -1.60. The van der Waals surface area contributed by atoms with Gasteiger partial charge in [-0.2, -0.15) is 4.99 Å². The first-order valence-electron chi connectivity index (χ1n) is 7.67. The second-order valence-corrected chi connectivity index (χ2v) is 7.55. The van der Waals surface area contributed by atoms with Crippen molar-refractivity contribution in [1.29, 1.82) is 0 Å². The van der Waals surface area contributed by atoms with Crippen LogP contribution in [0.1, 0.15) is 18.5 Å². The van der Waals surface area contributed by atoms with E-state index in [0.717, 1.165) is 16.6 Å². The summed E-state index contributed by atoms with van der Waals surface area (Å²) in [6.07, 6.45) is 3.21. The molecule has 1 atom stereocenters. The number of thioether (sulfide) groups is 1. The maximum Gasteiger partial charge on any atom is 0.271 e. The standard InChI is InChI=1S/C19H17IN2OS/c1-2-6-18(23)21-19-22(16-11-9-15(20)10-12-16)17(13-24-19)14-7-4-3-5-8-14/h2-12,17H,13H2,1H3/b6-2+,21-19?. The summed E-state index contributed by atoms with van der Waals surface area (Å²) >= 11 is 3.92.